The number of carboxylic acid groups (broad SMARTS) is 1. The molecule has 0 bridgehead atoms. The number of aryl methyl sites for hydroxylation is 1. The predicted molar refractivity (Wildman–Crippen MR) is 147 cm³/mol. The monoisotopic (exact) mass is 530 g/mol. The molecule has 1 aliphatic rings. The molecule has 0 radical (unpaired) electrons. The van der Waals surface area contributed by atoms with Gasteiger partial charge in [-0.05, 0) is 59.6 Å². The van der Waals surface area contributed by atoms with Crippen LogP contribution in [0.5, 0.6) is 5.88 Å². The Morgan fingerprint density at radius 3 is 2.21 bits per heavy atom. The van der Waals surface area contributed by atoms with Gasteiger partial charge in [-0.15, -0.1) is 0 Å². The molecule has 204 valence electrons. The maximum Gasteiger partial charge on any atom is 0.309 e. The van der Waals surface area contributed by atoms with E-state index in [0.717, 1.165) is 27.2 Å². The fourth-order valence-corrected chi connectivity index (χ4v) is 4.76. The van der Waals surface area contributed by atoms with Gasteiger partial charge in [-0.1, -0.05) is 51.1 Å². The largest absolute Gasteiger partial charge is 0.481 e. The molecule has 0 spiro atoms. The van der Waals surface area contributed by atoms with Crippen LogP contribution in [0.15, 0.2) is 60.8 Å². The van der Waals surface area contributed by atoms with Crippen molar-refractivity contribution in [2.75, 3.05) is 13.7 Å². The van der Waals surface area contributed by atoms with Crippen LogP contribution in [0.3, 0.4) is 0 Å². The van der Waals surface area contributed by atoms with E-state index in [2.05, 4.69) is 4.98 Å². The number of fused-ring (bicyclic) bond motifs is 1. The number of methoxy groups -OCH3 is 1. The number of nitrogens with zero attached hydrogens (tertiary/aromatic N) is 2. The van der Waals surface area contributed by atoms with Gasteiger partial charge in [-0.25, -0.2) is 4.98 Å². The van der Waals surface area contributed by atoms with Gasteiger partial charge in [0.2, 0.25) is 5.88 Å². The van der Waals surface area contributed by atoms with Crippen LogP contribution >= 0.6 is 0 Å². The van der Waals surface area contributed by atoms with Crippen molar-refractivity contribution in [1.82, 2.24) is 9.88 Å². The molecule has 8 nitrogen and oxygen atoms in total. The summed E-state index contributed by atoms with van der Waals surface area (Å²) < 4.78 is 5.09. The van der Waals surface area contributed by atoms with Gasteiger partial charge in [0.25, 0.3) is 11.8 Å². The smallest absolute Gasteiger partial charge is 0.309 e. The first-order valence-electron chi connectivity index (χ1n) is 13.0. The molecule has 1 aromatic heterocycles. The number of carbonyl (C=O) groups excluding carboxylic acids is 2. The summed E-state index contributed by atoms with van der Waals surface area (Å²) in [5.41, 5.74) is 4.31. The summed E-state index contributed by atoms with van der Waals surface area (Å²) in [5, 5.41) is 20.5. The SMILES string of the molecule is COc1ccc(-c2ccc(CC[C@@H](O)[C@H](CCN3C(=O)c4ccc(C(C)(C)C)cc4C3=O)C(=O)O)cc2)cn1. The number of amides is 2. The van der Waals surface area contributed by atoms with Gasteiger partial charge in [-0.2, -0.15) is 0 Å². The third kappa shape index (κ3) is 6.17. The van der Waals surface area contributed by atoms with Crippen molar-refractivity contribution >= 4 is 17.8 Å². The highest BCUT2D eigenvalue weighted by Crippen LogP contribution is 2.30. The van der Waals surface area contributed by atoms with Gasteiger partial charge in [0, 0.05) is 24.4 Å². The van der Waals surface area contributed by atoms with E-state index in [0.29, 0.717) is 23.4 Å². The van der Waals surface area contributed by atoms with Gasteiger partial charge < -0.3 is 14.9 Å². The van der Waals surface area contributed by atoms with Crippen molar-refractivity contribution in [2.24, 2.45) is 5.92 Å². The molecule has 4 rings (SSSR count). The number of aliphatic hydroxyl groups excluding tert-OH is 1. The molecule has 2 N–H and O–H groups in total. The van der Waals surface area contributed by atoms with Crippen LogP contribution in [0, 0.1) is 5.92 Å². The van der Waals surface area contributed by atoms with Crippen molar-refractivity contribution in [3.8, 4) is 17.0 Å². The number of aliphatic carboxylic acids is 1. The standard InChI is InChI=1S/C31H34N2O6/c1-31(2,3)22-11-12-23-25(17-22)29(36)33(28(23)35)16-15-24(30(37)38)26(34)13-7-19-5-8-20(9-6-19)21-10-14-27(39-4)32-18-21/h5-6,8-12,14,17-18,24,26,34H,7,13,15-16H2,1-4H3,(H,37,38)/t24-,26+/m0/s1. The Labute approximate surface area is 228 Å². The number of hydrogen-bond donors (Lipinski definition) is 2. The molecule has 2 aromatic carbocycles. The second-order valence-corrected chi connectivity index (χ2v) is 10.9. The molecular formula is C31H34N2O6. The van der Waals surface area contributed by atoms with Gasteiger partial charge in [0.15, 0.2) is 0 Å². The molecule has 2 amide bonds. The number of imide groups is 1. The lowest BCUT2D eigenvalue weighted by atomic mass is 9.85. The highest BCUT2D eigenvalue weighted by atomic mass is 16.5. The zero-order valence-corrected chi connectivity index (χ0v) is 22.7. The van der Waals surface area contributed by atoms with Crippen LogP contribution in [0.1, 0.15) is 65.5 Å². The maximum atomic E-state index is 13.0. The Morgan fingerprint density at radius 2 is 1.62 bits per heavy atom. The molecule has 8 heteroatoms. The number of aromatic nitrogens is 1. The van der Waals surface area contributed by atoms with E-state index in [1.54, 1.807) is 31.5 Å². The summed E-state index contributed by atoms with van der Waals surface area (Å²) in [6.45, 7) is 6.01. The fraction of sp³-hybridized carbons (Fsp3) is 0.355. The molecule has 2 heterocycles. The van der Waals surface area contributed by atoms with Gasteiger partial charge in [-0.3, -0.25) is 19.3 Å². The number of carbonyl (C=O) groups is 3. The molecule has 1 aliphatic heterocycles. The highest BCUT2D eigenvalue weighted by Gasteiger charge is 2.37. The second-order valence-electron chi connectivity index (χ2n) is 10.9. The number of hydrogen-bond acceptors (Lipinski definition) is 6. The zero-order chi connectivity index (χ0) is 28.3. The predicted octanol–water partition coefficient (Wildman–Crippen LogP) is 4.74. The number of benzene rings is 2. The van der Waals surface area contributed by atoms with E-state index in [-0.39, 0.29) is 24.8 Å². The third-order valence-electron chi connectivity index (χ3n) is 7.24. The van der Waals surface area contributed by atoms with Crippen molar-refractivity contribution in [1.29, 1.82) is 0 Å². The topological polar surface area (TPSA) is 117 Å². The van der Waals surface area contributed by atoms with Crippen LogP contribution < -0.4 is 4.74 Å². The minimum atomic E-state index is -1.16. The van der Waals surface area contributed by atoms with E-state index in [1.165, 1.54) is 0 Å². The average molecular weight is 531 g/mol. The van der Waals surface area contributed by atoms with Crippen molar-refractivity contribution in [3.05, 3.63) is 83.0 Å². The normalized spacial score (nSPS) is 14.7. The molecule has 2 atom stereocenters. The fourth-order valence-electron chi connectivity index (χ4n) is 4.76. The Morgan fingerprint density at radius 1 is 0.949 bits per heavy atom. The number of pyridine rings is 1. The summed E-state index contributed by atoms with van der Waals surface area (Å²) >= 11 is 0. The quantitative estimate of drug-likeness (QED) is 0.364. The van der Waals surface area contributed by atoms with E-state index >= 15 is 0 Å². The maximum absolute atomic E-state index is 13.0. The molecule has 0 saturated carbocycles. The average Bonchev–Trinajstić information content (AvgIpc) is 3.16. The van der Waals surface area contributed by atoms with E-state index in [9.17, 15) is 24.6 Å². The van der Waals surface area contributed by atoms with Crippen LogP contribution in [0.4, 0.5) is 0 Å². The summed E-state index contributed by atoms with van der Waals surface area (Å²) in [5.74, 6) is -2.58. The lowest BCUT2D eigenvalue weighted by Crippen LogP contribution is -2.36. The van der Waals surface area contributed by atoms with Crippen LogP contribution in [-0.4, -0.2) is 57.6 Å². The first-order chi connectivity index (χ1) is 18.5. The van der Waals surface area contributed by atoms with E-state index < -0.39 is 29.8 Å². The minimum absolute atomic E-state index is 0.0303. The third-order valence-corrected chi connectivity index (χ3v) is 7.24. The Kier molecular flexibility index (Phi) is 8.16. The van der Waals surface area contributed by atoms with Gasteiger partial charge >= 0.3 is 5.97 Å². The van der Waals surface area contributed by atoms with Crippen LogP contribution in [0.2, 0.25) is 0 Å². The molecule has 0 saturated heterocycles. The lowest BCUT2D eigenvalue weighted by molar-refractivity contribution is -0.146. The first-order valence-corrected chi connectivity index (χ1v) is 13.0. The van der Waals surface area contributed by atoms with Gasteiger partial charge in [0.1, 0.15) is 0 Å². The number of ether oxygens (including phenoxy) is 1. The first kappa shape index (κ1) is 28.0. The van der Waals surface area contributed by atoms with Crippen LogP contribution in [-0.2, 0) is 16.6 Å². The number of carboxylic acids is 1. The summed E-state index contributed by atoms with van der Waals surface area (Å²) in [6.07, 6.45) is 1.28. The molecule has 0 fully saturated rings. The Balaban J connectivity index is 1.36. The highest BCUT2D eigenvalue weighted by molar-refractivity contribution is 6.21. The number of rotatable bonds is 10. The summed E-state index contributed by atoms with van der Waals surface area (Å²) in [7, 11) is 1.56. The van der Waals surface area contributed by atoms with E-state index in [1.807, 2.05) is 57.2 Å². The Hall–Kier alpha value is -4.04. The summed E-state index contributed by atoms with van der Waals surface area (Å²) in [4.78, 5) is 43.2. The number of aliphatic hydroxyl groups is 1. The minimum Gasteiger partial charge on any atom is -0.481 e. The molecule has 0 unspecified atom stereocenters. The summed E-state index contributed by atoms with van der Waals surface area (Å²) in [6, 6.07) is 16.7. The van der Waals surface area contributed by atoms with Crippen LogP contribution in [0.25, 0.3) is 11.1 Å². The van der Waals surface area contributed by atoms with Crippen molar-refractivity contribution in [2.45, 2.75) is 51.6 Å². The van der Waals surface area contributed by atoms with Gasteiger partial charge in [0.05, 0.1) is 30.3 Å². The molecule has 3 aromatic rings. The molecule has 0 aliphatic carbocycles. The molecule has 39 heavy (non-hydrogen) atoms. The van der Waals surface area contributed by atoms with Crippen molar-refractivity contribution < 1.29 is 29.3 Å². The Bertz CT molecular complexity index is 1360. The second kappa shape index (κ2) is 11.4. The van der Waals surface area contributed by atoms with E-state index in [4.69, 9.17) is 4.74 Å². The molecular weight excluding hydrogens is 496 g/mol. The van der Waals surface area contributed by atoms with Crippen molar-refractivity contribution in [3.63, 3.8) is 0 Å². The zero-order valence-electron chi connectivity index (χ0n) is 22.7. The lowest BCUT2D eigenvalue weighted by Gasteiger charge is -2.22.